The predicted octanol–water partition coefficient (Wildman–Crippen LogP) is 6.90. The Bertz CT molecular complexity index is 1230. The first-order valence-corrected chi connectivity index (χ1v) is 13.0. The minimum atomic E-state index is -0.169. The van der Waals surface area contributed by atoms with Crippen LogP contribution < -0.4 is 5.43 Å². The van der Waals surface area contributed by atoms with Crippen LogP contribution in [0.25, 0.3) is 17.3 Å². The number of hydrazine groups is 1. The Hall–Kier alpha value is -1.83. The smallest absolute Gasteiger partial charge is 0.283 e. The van der Waals surface area contributed by atoms with E-state index in [0.717, 1.165) is 71.2 Å². The minimum absolute atomic E-state index is 0.169. The van der Waals surface area contributed by atoms with Crippen molar-refractivity contribution < 1.29 is 4.79 Å². The van der Waals surface area contributed by atoms with Gasteiger partial charge in [-0.3, -0.25) is 10.2 Å². The molecule has 1 saturated heterocycles. The van der Waals surface area contributed by atoms with E-state index in [1.165, 1.54) is 17.8 Å². The summed E-state index contributed by atoms with van der Waals surface area (Å²) in [5.41, 5.74) is 7.23. The van der Waals surface area contributed by atoms with Gasteiger partial charge in [0.2, 0.25) is 0 Å². The molecule has 0 saturated carbocycles. The number of nitrogens with zero attached hydrogens (tertiary/aromatic N) is 3. The second-order valence-corrected chi connectivity index (χ2v) is 10.9. The third kappa shape index (κ3) is 4.86. The monoisotopic (exact) mass is 520 g/mol. The lowest BCUT2D eigenvalue weighted by atomic mass is 9.90. The van der Waals surface area contributed by atoms with Crippen LogP contribution in [0.15, 0.2) is 30.3 Å². The van der Waals surface area contributed by atoms with Gasteiger partial charge in [0.25, 0.3) is 5.91 Å². The molecule has 1 fully saturated rings. The van der Waals surface area contributed by atoms with E-state index in [1.54, 1.807) is 16.8 Å². The highest BCUT2D eigenvalue weighted by atomic mass is 35.5. The summed E-state index contributed by atoms with van der Waals surface area (Å²) < 4.78 is 2.55. The highest BCUT2D eigenvalue weighted by Gasteiger charge is 2.30. The number of nitrogens with one attached hydrogen (secondary N) is 1. The van der Waals surface area contributed by atoms with Crippen molar-refractivity contribution in [3.63, 3.8) is 0 Å². The topological polar surface area (TPSA) is 50.2 Å². The van der Waals surface area contributed by atoms with Crippen molar-refractivity contribution in [2.75, 3.05) is 13.1 Å². The lowest BCUT2D eigenvalue weighted by molar-refractivity contribution is 0.0743. The number of allylic oxidation sites excluding steroid dienone is 1. The average molecular weight is 522 g/mol. The molecular weight excluding hydrogens is 499 g/mol. The molecule has 1 aliphatic carbocycles. The molecule has 1 aliphatic heterocycles. The Labute approximate surface area is 211 Å². The summed E-state index contributed by atoms with van der Waals surface area (Å²) in [5, 5.41) is 7.84. The zero-order chi connectivity index (χ0) is 22.9. The highest BCUT2D eigenvalue weighted by molar-refractivity contribution is 7.17. The first kappa shape index (κ1) is 22.9. The predicted molar refractivity (Wildman–Crippen MR) is 137 cm³/mol. The summed E-state index contributed by atoms with van der Waals surface area (Å²) in [6, 6.07) is 9.24. The zero-order valence-corrected chi connectivity index (χ0v) is 21.0. The van der Waals surface area contributed by atoms with E-state index in [4.69, 9.17) is 39.9 Å². The van der Waals surface area contributed by atoms with Gasteiger partial charge in [0.05, 0.1) is 20.7 Å². The Morgan fingerprint density at radius 1 is 1.03 bits per heavy atom. The molecule has 172 valence electrons. The number of carbonyl (C=O) groups is 1. The van der Waals surface area contributed by atoms with Gasteiger partial charge in [-0.1, -0.05) is 41.2 Å². The van der Waals surface area contributed by atoms with Gasteiger partial charge in [-0.05, 0) is 74.1 Å². The van der Waals surface area contributed by atoms with Gasteiger partial charge < -0.3 is 0 Å². The van der Waals surface area contributed by atoms with Crippen LogP contribution in [0, 0.1) is 0 Å². The Balaban J connectivity index is 1.61. The van der Waals surface area contributed by atoms with E-state index in [9.17, 15) is 4.79 Å². The fourth-order valence-corrected chi connectivity index (χ4v) is 6.04. The van der Waals surface area contributed by atoms with Crippen LogP contribution in [-0.2, 0) is 6.42 Å². The first-order chi connectivity index (χ1) is 16.0. The number of amides is 1. The molecule has 1 aromatic carbocycles. The molecule has 2 aliphatic rings. The number of hydrogen-bond acceptors (Lipinski definition) is 4. The van der Waals surface area contributed by atoms with Gasteiger partial charge in [0.1, 0.15) is 0 Å². The molecule has 5 nitrogen and oxygen atoms in total. The van der Waals surface area contributed by atoms with Crippen LogP contribution in [0.3, 0.4) is 0 Å². The first-order valence-electron chi connectivity index (χ1n) is 11.1. The Morgan fingerprint density at radius 2 is 1.85 bits per heavy atom. The molecule has 0 atom stereocenters. The van der Waals surface area contributed by atoms with Crippen LogP contribution in [-0.4, -0.2) is 33.8 Å². The van der Waals surface area contributed by atoms with E-state index in [2.05, 4.69) is 11.5 Å². The molecule has 3 aromatic rings. The summed E-state index contributed by atoms with van der Waals surface area (Å²) in [6.07, 6.45) is 8.13. The van der Waals surface area contributed by atoms with Crippen molar-refractivity contribution in [3.05, 3.63) is 66.5 Å². The Kier molecular flexibility index (Phi) is 6.81. The number of aromatic nitrogens is 2. The number of benzene rings is 1. The number of carbonyl (C=O) groups excluding carboxylic acids is 1. The number of hydrogen-bond donors (Lipinski definition) is 1. The standard InChI is InChI=1S/C24H23Cl3N4OS/c25-16-7-9-20(19(26)14-16)31-23-15(13-17-8-10-21(27)33-17)5-4-6-18(23)22(28-31)24(32)29-30-11-2-1-3-12-30/h7-10,13-14H,1-6,11-12H2,(H,29,32). The molecule has 1 amide bonds. The van der Waals surface area contributed by atoms with Crippen molar-refractivity contribution in [2.45, 2.75) is 38.5 Å². The third-order valence-electron chi connectivity index (χ3n) is 6.04. The van der Waals surface area contributed by atoms with E-state index in [-0.39, 0.29) is 5.91 Å². The highest BCUT2D eigenvalue weighted by Crippen LogP contribution is 2.38. The third-order valence-corrected chi connectivity index (χ3v) is 7.76. The molecule has 9 heteroatoms. The van der Waals surface area contributed by atoms with E-state index >= 15 is 0 Å². The molecule has 0 unspecified atom stereocenters. The average Bonchev–Trinajstić information content (AvgIpc) is 3.38. The van der Waals surface area contributed by atoms with Gasteiger partial charge in [0.15, 0.2) is 5.69 Å². The second-order valence-electron chi connectivity index (χ2n) is 8.34. The normalized spacial score (nSPS) is 17.8. The Morgan fingerprint density at radius 3 is 2.58 bits per heavy atom. The summed E-state index contributed by atoms with van der Waals surface area (Å²) in [4.78, 5) is 14.4. The zero-order valence-electron chi connectivity index (χ0n) is 17.9. The van der Waals surface area contributed by atoms with Gasteiger partial charge in [-0.2, -0.15) is 5.10 Å². The lowest BCUT2D eigenvalue weighted by Crippen LogP contribution is -2.45. The maximum Gasteiger partial charge on any atom is 0.286 e. The number of rotatable bonds is 4. The summed E-state index contributed by atoms with van der Waals surface area (Å²) in [6.45, 7) is 1.73. The minimum Gasteiger partial charge on any atom is -0.283 e. The molecular formula is C24H23Cl3N4OS. The molecule has 3 heterocycles. The van der Waals surface area contributed by atoms with Crippen LogP contribution >= 0.6 is 46.1 Å². The maximum absolute atomic E-state index is 13.3. The molecule has 5 rings (SSSR count). The molecule has 1 N–H and O–H groups in total. The fourth-order valence-electron chi connectivity index (χ4n) is 4.52. The van der Waals surface area contributed by atoms with Crippen molar-refractivity contribution in [1.29, 1.82) is 0 Å². The van der Waals surface area contributed by atoms with E-state index in [0.29, 0.717) is 21.4 Å². The fraction of sp³-hybridized carbons (Fsp3) is 0.333. The van der Waals surface area contributed by atoms with E-state index in [1.807, 2.05) is 23.2 Å². The molecule has 0 radical (unpaired) electrons. The lowest BCUT2D eigenvalue weighted by Gasteiger charge is -2.26. The van der Waals surface area contributed by atoms with Crippen molar-refractivity contribution >= 4 is 63.7 Å². The molecule has 2 aromatic heterocycles. The van der Waals surface area contributed by atoms with Crippen molar-refractivity contribution in [3.8, 4) is 5.69 Å². The molecule has 0 bridgehead atoms. The summed E-state index contributed by atoms with van der Waals surface area (Å²) >= 11 is 20.4. The van der Waals surface area contributed by atoms with Gasteiger partial charge in [0, 0.05) is 28.6 Å². The van der Waals surface area contributed by atoms with Crippen LogP contribution in [0.1, 0.15) is 58.7 Å². The molecule has 0 spiro atoms. The quantitative estimate of drug-likeness (QED) is 0.406. The van der Waals surface area contributed by atoms with Gasteiger partial charge in [-0.25, -0.2) is 9.69 Å². The summed E-state index contributed by atoms with van der Waals surface area (Å²) in [5.74, 6) is -0.169. The summed E-state index contributed by atoms with van der Waals surface area (Å²) in [7, 11) is 0. The van der Waals surface area contributed by atoms with E-state index < -0.39 is 0 Å². The van der Waals surface area contributed by atoms with Crippen molar-refractivity contribution in [1.82, 2.24) is 20.2 Å². The number of fused-ring (bicyclic) bond motifs is 1. The van der Waals surface area contributed by atoms with Crippen LogP contribution in [0.4, 0.5) is 0 Å². The van der Waals surface area contributed by atoms with Gasteiger partial charge >= 0.3 is 0 Å². The van der Waals surface area contributed by atoms with Crippen molar-refractivity contribution in [2.24, 2.45) is 0 Å². The second kappa shape index (κ2) is 9.80. The van der Waals surface area contributed by atoms with Crippen LogP contribution in [0.2, 0.25) is 14.4 Å². The maximum atomic E-state index is 13.3. The van der Waals surface area contributed by atoms with Gasteiger partial charge in [-0.15, -0.1) is 11.3 Å². The largest absolute Gasteiger partial charge is 0.286 e. The molecule has 33 heavy (non-hydrogen) atoms. The SMILES string of the molecule is O=C(NN1CCCCC1)c1nn(-c2ccc(Cl)cc2Cl)c2c1CCCC2=Cc1ccc(Cl)s1. The number of piperidine rings is 1. The number of thiophene rings is 1. The number of halogens is 3. The van der Waals surface area contributed by atoms with Crippen LogP contribution in [0.5, 0.6) is 0 Å².